The zero-order valence-corrected chi connectivity index (χ0v) is 23.4. The largest absolute Gasteiger partial charge is 0.493 e. The standard InChI is InChI=1S/C30H35N7O3/c1-6-7-16-40-19(2)22-17-32-28(31)25-23(11-9-20-8-10-21-12-14-33-36(21)18-20)34-37(26(22)25)24-13-15-35(29(38)39)27(24)30(3,4)5/h8,10,12,14,17-18,24,27H,2,6-7,13,15-16H2,1,3-5H3,(H2,31,32)(H,38,39). The monoisotopic (exact) mass is 541 g/mol. The Bertz CT molecular complexity index is 1650. The van der Waals surface area contributed by atoms with Crippen molar-refractivity contribution in [2.75, 3.05) is 18.9 Å². The molecule has 1 amide bonds. The minimum absolute atomic E-state index is 0.251. The molecule has 0 bridgehead atoms. The predicted octanol–water partition coefficient (Wildman–Crippen LogP) is 5.19. The van der Waals surface area contributed by atoms with Gasteiger partial charge in [-0.05, 0) is 42.4 Å². The number of nitrogen functional groups attached to an aromatic ring is 1. The highest BCUT2D eigenvalue weighted by molar-refractivity contribution is 5.99. The quantitative estimate of drug-likeness (QED) is 0.196. The van der Waals surface area contributed by atoms with Crippen molar-refractivity contribution in [3.05, 3.63) is 60.2 Å². The summed E-state index contributed by atoms with van der Waals surface area (Å²) in [6.07, 6.45) is 6.78. The Morgan fingerprint density at radius 1 is 1.27 bits per heavy atom. The summed E-state index contributed by atoms with van der Waals surface area (Å²) < 4.78 is 9.64. The molecule has 1 fully saturated rings. The van der Waals surface area contributed by atoms with Crippen LogP contribution >= 0.6 is 0 Å². The van der Waals surface area contributed by atoms with Crippen LogP contribution < -0.4 is 5.73 Å². The van der Waals surface area contributed by atoms with Gasteiger partial charge in [-0.15, -0.1) is 0 Å². The molecule has 5 heterocycles. The summed E-state index contributed by atoms with van der Waals surface area (Å²) in [5.41, 5.74) is 9.68. The molecule has 2 atom stereocenters. The summed E-state index contributed by atoms with van der Waals surface area (Å²) in [5.74, 6) is 7.16. The van der Waals surface area contributed by atoms with E-state index in [-0.39, 0.29) is 17.5 Å². The third-order valence-electron chi connectivity index (χ3n) is 7.36. The number of hydrogen-bond acceptors (Lipinski definition) is 6. The van der Waals surface area contributed by atoms with Gasteiger partial charge in [0.15, 0.2) is 0 Å². The van der Waals surface area contributed by atoms with Crippen molar-refractivity contribution < 1.29 is 14.6 Å². The summed E-state index contributed by atoms with van der Waals surface area (Å²) in [4.78, 5) is 18.2. The van der Waals surface area contributed by atoms with Crippen LogP contribution in [0.5, 0.6) is 0 Å². The number of ether oxygens (including phenoxy) is 1. The fourth-order valence-electron chi connectivity index (χ4n) is 5.55. The van der Waals surface area contributed by atoms with Gasteiger partial charge in [0.25, 0.3) is 0 Å². The first-order chi connectivity index (χ1) is 19.1. The Morgan fingerprint density at radius 2 is 2.08 bits per heavy atom. The van der Waals surface area contributed by atoms with E-state index in [1.165, 1.54) is 4.90 Å². The average Bonchev–Trinajstić information content (AvgIpc) is 3.64. The molecule has 0 saturated carbocycles. The van der Waals surface area contributed by atoms with Gasteiger partial charge in [0.2, 0.25) is 0 Å². The highest BCUT2D eigenvalue weighted by atomic mass is 16.5. The second-order valence-corrected chi connectivity index (χ2v) is 11.2. The molecule has 10 heteroatoms. The average molecular weight is 542 g/mol. The molecule has 5 rings (SSSR count). The molecule has 2 unspecified atom stereocenters. The number of amides is 1. The number of nitrogens with zero attached hydrogens (tertiary/aromatic N) is 6. The molecule has 0 radical (unpaired) electrons. The zero-order valence-electron chi connectivity index (χ0n) is 23.4. The van der Waals surface area contributed by atoms with E-state index in [1.54, 1.807) is 16.9 Å². The molecule has 3 N–H and O–H groups in total. The molecule has 1 saturated heterocycles. The van der Waals surface area contributed by atoms with Crippen LogP contribution in [0.1, 0.15) is 69.8 Å². The van der Waals surface area contributed by atoms with Gasteiger partial charge in [-0.1, -0.05) is 46.6 Å². The summed E-state index contributed by atoms with van der Waals surface area (Å²) in [6, 6.07) is 5.22. The first kappa shape index (κ1) is 27.1. The fraction of sp³-hybridized carbons (Fsp3) is 0.400. The van der Waals surface area contributed by atoms with Gasteiger partial charge in [-0.25, -0.2) is 14.3 Å². The van der Waals surface area contributed by atoms with Crippen LogP contribution in [0.2, 0.25) is 0 Å². The number of nitrogens with two attached hydrogens (primary N) is 1. The van der Waals surface area contributed by atoms with Gasteiger partial charge in [0.1, 0.15) is 17.3 Å². The van der Waals surface area contributed by atoms with Crippen LogP contribution in [-0.4, -0.2) is 59.7 Å². The van der Waals surface area contributed by atoms with Crippen molar-refractivity contribution in [2.24, 2.45) is 5.41 Å². The Labute approximate surface area is 233 Å². The second-order valence-electron chi connectivity index (χ2n) is 11.2. The van der Waals surface area contributed by atoms with Gasteiger partial charge >= 0.3 is 6.09 Å². The number of carboxylic acid groups (broad SMARTS) is 1. The zero-order chi connectivity index (χ0) is 28.6. The molecular weight excluding hydrogens is 506 g/mol. The summed E-state index contributed by atoms with van der Waals surface area (Å²) in [6.45, 7) is 13.4. The maximum atomic E-state index is 12.2. The smallest absolute Gasteiger partial charge is 0.407 e. The summed E-state index contributed by atoms with van der Waals surface area (Å²) in [7, 11) is 0. The van der Waals surface area contributed by atoms with Crippen LogP contribution in [-0.2, 0) is 4.74 Å². The lowest BCUT2D eigenvalue weighted by Crippen LogP contribution is -2.46. The summed E-state index contributed by atoms with van der Waals surface area (Å²) in [5, 5.41) is 19.9. The van der Waals surface area contributed by atoms with Gasteiger partial charge in [0.05, 0.1) is 40.7 Å². The molecule has 4 aromatic rings. The van der Waals surface area contributed by atoms with Gasteiger partial charge in [0, 0.05) is 30.7 Å². The lowest BCUT2D eigenvalue weighted by molar-refractivity contribution is 0.0913. The Balaban J connectivity index is 1.69. The molecule has 0 spiro atoms. The molecule has 4 aromatic heterocycles. The van der Waals surface area contributed by atoms with E-state index in [2.05, 4.69) is 35.4 Å². The number of likely N-dealkylation sites (tertiary alicyclic amines) is 1. The van der Waals surface area contributed by atoms with E-state index in [0.717, 1.165) is 23.9 Å². The summed E-state index contributed by atoms with van der Waals surface area (Å²) >= 11 is 0. The Kier molecular flexibility index (Phi) is 7.15. The number of rotatable bonds is 6. The predicted molar refractivity (Wildman–Crippen MR) is 155 cm³/mol. The van der Waals surface area contributed by atoms with Gasteiger partial charge < -0.3 is 20.5 Å². The fourth-order valence-corrected chi connectivity index (χ4v) is 5.55. The van der Waals surface area contributed by atoms with Crippen LogP contribution in [0.3, 0.4) is 0 Å². The number of fused-ring (bicyclic) bond motifs is 2. The van der Waals surface area contributed by atoms with E-state index >= 15 is 0 Å². The molecule has 0 aromatic carbocycles. The highest BCUT2D eigenvalue weighted by Crippen LogP contribution is 2.42. The topological polar surface area (TPSA) is 124 Å². The van der Waals surface area contributed by atoms with Crippen LogP contribution in [0, 0.1) is 17.3 Å². The number of carbonyl (C=O) groups is 1. The third-order valence-corrected chi connectivity index (χ3v) is 7.36. The van der Waals surface area contributed by atoms with Crippen LogP contribution in [0.25, 0.3) is 22.2 Å². The van der Waals surface area contributed by atoms with Crippen molar-refractivity contribution in [1.29, 1.82) is 0 Å². The highest BCUT2D eigenvalue weighted by Gasteiger charge is 2.46. The first-order valence-electron chi connectivity index (χ1n) is 13.5. The molecule has 0 aliphatic carbocycles. The molecule has 40 heavy (non-hydrogen) atoms. The van der Waals surface area contributed by atoms with E-state index in [0.29, 0.717) is 53.3 Å². The molecule has 208 valence electrons. The van der Waals surface area contributed by atoms with E-state index in [1.807, 2.05) is 49.8 Å². The van der Waals surface area contributed by atoms with Crippen LogP contribution in [0.4, 0.5) is 10.6 Å². The SMILES string of the molecule is C=C(OCCCC)c1cnc(N)c2c(C#Cc3ccc4ccnn4c3)nn(C3CCN(C(=O)O)C3C(C)(C)C)c12. The Morgan fingerprint density at radius 3 is 2.80 bits per heavy atom. The minimum Gasteiger partial charge on any atom is -0.493 e. The van der Waals surface area contributed by atoms with Crippen molar-refractivity contribution in [1.82, 2.24) is 29.3 Å². The van der Waals surface area contributed by atoms with Crippen molar-refractivity contribution in [3.63, 3.8) is 0 Å². The second kappa shape index (κ2) is 10.6. The number of aromatic nitrogens is 5. The third kappa shape index (κ3) is 4.95. The lowest BCUT2D eigenvalue weighted by atomic mass is 9.82. The van der Waals surface area contributed by atoms with E-state index < -0.39 is 6.09 Å². The van der Waals surface area contributed by atoms with Crippen LogP contribution in [0.15, 0.2) is 43.4 Å². The van der Waals surface area contributed by atoms with E-state index in [4.69, 9.17) is 15.6 Å². The molecule has 1 aliphatic rings. The molecule has 1 aliphatic heterocycles. The molecule has 10 nitrogen and oxygen atoms in total. The number of anilines is 1. The van der Waals surface area contributed by atoms with E-state index in [9.17, 15) is 9.90 Å². The lowest BCUT2D eigenvalue weighted by Gasteiger charge is -2.37. The maximum absolute atomic E-state index is 12.2. The minimum atomic E-state index is -0.943. The molecular formula is C30H35N7O3. The normalized spacial score (nSPS) is 17.2. The maximum Gasteiger partial charge on any atom is 0.407 e. The van der Waals surface area contributed by atoms with Crippen molar-refractivity contribution >= 4 is 34.1 Å². The van der Waals surface area contributed by atoms with Gasteiger partial charge in [-0.2, -0.15) is 10.2 Å². The number of hydrogen-bond donors (Lipinski definition) is 2. The first-order valence-corrected chi connectivity index (χ1v) is 13.5. The Hall–Kier alpha value is -4.52. The van der Waals surface area contributed by atoms with Crippen molar-refractivity contribution in [3.8, 4) is 11.8 Å². The number of pyridine rings is 2. The van der Waals surface area contributed by atoms with Crippen molar-refractivity contribution in [2.45, 2.75) is 59.0 Å². The van der Waals surface area contributed by atoms with Gasteiger partial charge in [-0.3, -0.25) is 4.68 Å². The number of unbranched alkanes of at least 4 members (excludes halogenated alkanes) is 1.